The summed E-state index contributed by atoms with van der Waals surface area (Å²) in [7, 11) is 0. The maximum absolute atomic E-state index is 3.48. The fourth-order valence-corrected chi connectivity index (χ4v) is 6.23. The standard InChI is InChI=1S/C22H42N4/c1-21(2,3)26-10-4-20(5-11-26)25-12-6-22(7-13-25)16-19(17-22)18-24-14-8-23-9-15-24/h19-20,23H,4-18H2,1-3H3. The topological polar surface area (TPSA) is 21.8 Å². The summed E-state index contributed by atoms with van der Waals surface area (Å²) >= 11 is 0. The molecule has 4 aliphatic rings. The number of likely N-dealkylation sites (tertiary alicyclic amines) is 2. The van der Waals surface area contributed by atoms with Gasteiger partial charge >= 0.3 is 0 Å². The summed E-state index contributed by atoms with van der Waals surface area (Å²) in [5.41, 5.74) is 1.09. The molecule has 0 aromatic rings. The molecule has 150 valence electrons. The normalized spacial score (nSPS) is 30.6. The van der Waals surface area contributed by atoms with E-state index in [-0.39, 0.29) is 0 Å². The van der Waals surface area contributed by atoms with Crippen molar-refractivity contribution in [3.8, 4) is 0 Å². The highest BCUT2D eigenvalue weighted by Gasteiger charge is 2.46. The zero-order valence-electron chi connectivity index (χ0n) is 17.6. The lowest BCUT2D eigenvalue weighted by molar-refractivity contribution is -0.0448. The molecule has 0 aromatic heterocycles. The molecule has 0 radical (unpaired) electrons. The second kappa shape index (κ2) is 7.69. The molecule has 3 aliphatic heterocycles. The predicted molar refractivity (Wildman–Crippen MR) is 110 cm³/mol. The van der Waals surface area contributed by atoms with Crippen LogP contribution in [0.2, 0.25) is 0 Å². The Hall–Kier alpha value is -0.160. The minimum absolute atomic E-state index is 0.349. The van der Waals surface area contributed by atoms with Crippen molar-refractivity contribution in [3.63, 3.8) is 0 Å². The Kier molecular flexibility index (Phi) is 5.67. The summed E-state index contributed by atoms with van der Waals surface area (Å²) < 4.78 is 0. The van der Waals surface area contributed by atoms with Crippen LogP contribution in [0.25, 0.3) is 0 Å². The molecule has 1 spiro atoms. The summed E-state index contributed by atoms with van der Waals surface area (Å²) in [5.74, 6) is 0.995. The number of hydrogen-bond acceptors (Lipinski definition) is 4. The number of piperidine rings is 2. The fourth-order valence-electron chi connectivity index (χ4n) is 6.23. The van der Waals surface area contributed by atoms with Crippen LogP contribution in [0.5, 0.6) is 0 Å². The largest absolute Gasteiger partial charge is 0.314 e. The summed E-state index contributed by atoms with van der Waals surface area (Å²) in [4.78, 5) is 8.24. The van der Waals surface area contributed by atoms with Crippen LogP contribution < -0.4 is 5.32 Å². The van der Waals surface area contributed by atoms with E-state index in [1.54, 1.807) is 0 Å². The van der Waals surface area contributed by atoms with Crippen molar-refractivity contribution in [2.75, 3.05) is 58.9 Å². The van der Waals surface area contributed by atoms with Gasteiger partial charge in [0.25, 0.3) is 0 Å². The van der Waals surface area contributed by atoms with Crippen molar-refractivity contribution in [2.24, 2.45) is 11.3 Å². The van der Waals surface area contributed by atoms with Gasteiger partial charge in [0.05, 0.1) is 0 Å². The van der Waals surface area contributed by atoms with Crippen LogP contribution in [-0.2, 0) is 0 Å². The highest BCUT2D eigenvalue weighted by Crippen LogP contribution is 2.53. The summed E-state index contributed by atoms with van der Waals surface area (Å²) in [5, 5.41) is 3.48. The van der Waals surface area contributed by atoms with Gasteiger partial charge < -0.3 is 15.1 Å². The lowest BCUT2D eigenvalue weighted by Crippen LogP contribution is -2.55. The SMILES string of the molecule is CC(C)(C)N1CCC(N2CCC3(CC2)CC(CN2CCNCC2)C3)CC1. The van der Waals surface area contributed by atoms with Crippen LogP contribution in [0.1, 0.15) is 59.3 Å². The number of rotatable bonds is 3. The molecule has 3 heterocycles. The molecule has 0 aromatic carbocycles. The van der Waals surface area contributed by atoms with E-state index in [0.29, 0.717) is 5.54 Å². The second-order valence-electron chi connectivity index (χ2n) is 10.7. The Morgan fingerprint density at radius 1 is 0.885 bits per heavy atom. The Bertz CT molecular complexity index is 441. The molecule has 4 fully saturated rings. The Balaban J connectivity index is 1.17. The van der Waals surface area contributed by atoms with Gasteiger partial charge in [-0.1, -0.05) is 0 Å². The van der Waals surface area contributed by atoms with Crippen LogP contribution in [0.4, 0.5) is 0 Å². The number of nitrogens with one attached hydrogen (secondary N) is 1. The van der Waals surface area contributed by atoms with E-state index in [9.17, 15) is 0 Å². The third-order valence-electron chi connectivity index (χ3n) is 7.96. The lowest BCUT2D eigenvalue weighted by Gasteiger charge is -2.55. The van der Waals surface area contributed by atoms with E-state index >= 15 is 0 Å². The van der Waals surface area contributed by atoms with Crippen LogP contribution in [0, 0.1) is 11.3 Å². The molecular weight excluding hydrogens is 320 g/mol. The van der Waals surface area contributed by atoms with Crippen LogP contribution >= 0.6 is 0 Å². The maximum Gasteiger partial charge on any atom is 0.0125 e. The van der Waals surface area contributed by atoms with Gasteiger partial charge in [0.15, 0.2) is 0 Å². The molecule has 0 atom stereocenters. The molecule has 26 heavy (non-hydrogen) atoms. The molecule has 1 saturated carbocycles. The van der Waals surface area contributed by atoms with Crippen molar-refractivity contribution in [3.05, 3.63) is 0 Å². The average Bonchev–Trinajstić information content (AvgIpc) is 2.61. The lowest BCUT2D eigenvalue weighted by atomic mass is 9.57. The molecule has 1 N–H and O–H groups in total. The Labute approximate surface area is 161 Å². The maximum atomic E-state index is 3.48. The van der Waals surface area contributed by atoms with E-state index in [0.717, 1.165) is 17.4 Å². The first-order valence-electron chi connectivity index (χ1n) is 11.4. The molecule has 0 bridgehead atoms. The van der Waals surface area contributed by atoms with Gasteiger partial charge in [-0.3, -0.25) is 4.90 Å². The Morgan fingerprint density at radius 2 is 1.50 bits per heavy atom. The van der Waals surface area contributed by atoms with E-state index in [1.807, 2.05) is 0 Å². The summed E-state index contributed by atoms with van der Waals surface area (Å²) in [6.07, 6.45) is 8.77. The first-order chi connectivity index (χ1) is 12.4. The van der Waals surface area contributed by atoms with Gasteiger partial charge in [0, 0.05) is 57.4 Å². The predicted octanol–water partition coefficient (Wildman–Crippen LogP) is 2.65. The number of hydrogen-bond donors (Lipinski definition) is 1. The van der Waals surface area contributed by atoms with Crippen molar-refractivity contribution >= 4 is 0 Å². The Morgan fingerprint density at radius 3 is 2.08 bits per heavy atom. The number of nitrogens with zero attached hydrogens (tertiary/aromatic N) is 3. The van der Waals surface area contributed by atoms with Crippen LogP contribution in [-0.4, -0.2) is 85.2 Å². The first-order valence-corrected chi connectivity index (χ1v) is 11.4. The molecule has 0 amide bonds. The third-order valence-corrected chi connectivity index (χ3v) is 7.96. The van der Waals surface area contributed by atoms with Crippen molar-refractivity contribution < 1.29 is 0 Å². The highest BCUT2D eigenvalue weighted by atomic mass is 15.2. The fraction of sp³-hybridized carbons (Fsp3) is 1.00. The van der Waals surface area contributed by atoms with Gasteiger partial charge in [-0.05, 0) is 83.7 Å². The molecule has 0 unspecified atom stereocenters. The molecule has 4 rings (SSSR count). The van der Waals surface area contributed by atoms with E-state index in [2.05, 4.69) is 40.8 Å². The molecular formula is C22H42N4. The third kappa shape index (κ3) is 4.29. The molecule has 3 saturated heterocycles. The molecule has 1 aliphatic carbocycles. The first kappa shape index (κ1) is 19.2. The zero-order valence-corrected chi connectivity index (χ0v) is 17.6. The average molecular weight is 363 g/mol. The van der Waals surface area contributed by atoms with Gasteiger partial charge in [-0.2, -0.15) is 0 Å². The number of piperazine rings is 1. The smallest absolute Gasteiger partial charge is 0.0125 e. The van der Waals surface area contributed by atoms with Gasteiger partial charge in [-0.15, -0.1) is 0 Å². The van der Waals surface area contributed by atoms with Gasteiger partial charge in [-0.25, -0.2) is 0 Å². The second-order valence-corrected chi connectivity index (χ2v) is 10.7. The van der Waals surface area contributed by atoms with Crippen LogP contribution in [0.3, 0.4) is 0 Å². The van der Waals surface area contributed by atoms with E-state index in [4.69, 9.17) is 0 Å². The van der Waals surface area contributed by atoms with Gasteiger partial charge in [0.2, 0.25) is 0 Å². The molecule has 4 nitrogen and oxygen atoms in total. The van der Waals surface area contributed by atoms with Crippen LogP contribution in [0.15, 0.2) is 0 Å². The highest BCUT2D eigenvalue weighted by molar-refractivity contribution is 4.99. The quantitative estimate of drug-likeness (QED) is 0.833. The van der Waals surface area contributed by atoms with Crippen molar-refractivity contribution in [1.82, 2.24) is 20.0 Å². The van der Waals surface area contributed by atoms with Gasteiger partial charge in [0.1, 0.15) is 0 Å². The summed E-state index contributed by atoms with van der Waals surface area (Å²) in [6.45, 7) is 18.7. The van der Waals surface area contributed by atoms with Crippen molar-refractivity contribution in [1.29, 1.82) is 0 Å². The molecule has 4 heteroatoms. The zero-order chi connectivity index (χ0) is 18.2. The summed E-state index contributed by atoms with van der Waals surface area (Å²) in [6, 6.07) is 0.864. The monoisotopic (exact) mass is 362 g/mol. The minimum Gasteiger partial charge on any atom is -0.314 e. The van der Waals surface area contributed by atoms with Crippen molar-refractivity contribution in [2.45, 2.75) is 70.9 Å². The minimum atomic E-state index is 0.349. The van der Waals surface area contributed by atoms with E-state index in [1.165, 1.54) is 97.4 Å². The van der Waals surface area contributed by atoms with E-state index < -0.39 is 0 Å².